The first-order valence-electron chi connectivity index (χ1n) is 7.58. The summed E-state index contributed by atoms with van der Waals surface area (Å²) >= 11 is 0. The molecular weight excluding hydrogens is 226 g/mol. The Morgan fingerprint density at radius 1 is 1.22 bits per heavy atom. The van der Waals surface area contributed by atoms with E-state index >= 15 is 0 Å². The molecule has 0 aliphatic carbocycles. The molecule has 0 saturated carbocycles. The lowest BCUT2D eigenvalue weighted by molar-refractivity contribution is 0.159. The topological polar surface area (TPSA) is 38.7 Å². The van der Waals surface area contributed by atoms with Crippen LogP contribution in [-0.2, 0) is 0 Å². The first-order chi connectivity index (χ1) is 8.83. The summed E-state index contributed by atoms with van der Waals surface area (Å²) in [6, 6.07) is 1.06. The van der Waals surface area contributed by atoms with Crippen molar-refractivity contribution < 1.29 is 5.11 Å². The normalized spacial score (nSPS) is 28.7. The maximum absolute atomic E-state index is 9.17. The lowest BCUT2D eigenvalue weighted by Gasteiger charge is -2.32. The molecule has 0 aromatic heterocycles. The maximum Gasteiger partial charge on any atom is 0.0585 e. The van der Waals surface area contributed by atoms with Crippen LogP contribution in [0.2, 0.25) is 0 Å². The highest BCUT2D eigenvalue weighted by atomic mass is 16.3. The number of nitrogens with one attached hydrogen (secondary N) is 1. The molecule has 0 bridgehead atoms. The van der Waals surface area contributed by atoms with Crippen LogP contribution >= 0.6 is 0 Å². The molecule has 106 valence electrons. The highest BCUT2D eigenvalue weighted by Crippen LogP contribution is 2.20. The summed E-state index contributed by atoms with van der Waals surface area (Å²) < 4.78 is 0. The monoisotopic (exact) mass is 255 g/mol. The number of piperidine rings is 1. The Labute approximate surface area is 111 Å². The summed E-state index contributed by atoms with van der Waals surface area (Å²) in [5.41, 5.74) is 0. The molecule has 2 saturated heterocycles. The second-order valence-corrected chi connectivity index (χ2v) is 5.80. The van der Waals surface area contributed by atoms with Gasteiger partial charge in [0.05, 0.1) is 6.61 Å². The molecule has 0 amide bonds. The SMILES string of the molecule is CNC(CO)CCN1CCC(N2CCCCC2)C1. The fourth-order valence-electron chi connectivity index (χ4n) is 3.26. The number of rotatable bonds is 6. The van der Waals surface area contributed by atoms with Crippen LogP contribution in [0.3, 0.4) is 0 Å². The molecule has 2 aliphatic rings. The minimum Gasteiger partial charge on any atom is -0.395 e. The molecule has 2 aliphatic heterocycles. The van der Waals surface area contributed by atoms with Gasteiger partial charge in [0.25, 0.3) is 0 Å². The van der Waals surface area contributed by atoms with Crippen molar-refractivity contribution >= 4 is 0 Å². The Morgan fingerprint density at radius 2 is 2.00 bits per heavy atom. The minimum absolute atomic E-state index is 0.250. The van der Waals surface area contributed by atoms with Crippen LogP contribution in [0.25, 0.3) is 0 Å². The minimum atomic E-state index is 0.250. The van der Waals surface area contributed by atoms with E-state index in [4.69, 9.17) is 5.11 Å². The van der Waals surface area contributed by atoms with Gasteiger partial charge in [-0.15, -0.1) is 0 Å². The summed E-state index contributed by atoms with van der Waals surface area (Å²) in [4.78, 5) is 5.27. The van der Waals surface area contributed by atoms with Crippen molar-refractivity contribution in [1.29, 1.82) is 0 Å². The number of aliphatic hydroxyl groups is 1. The third kappa shape index (κ3) is 3.92. The molecule has 18 heavy (non-hydrogen) atoms. The zero-order chi connectivity index (χ0) is 12.8. The maximum atomic E-state index is 9.17. The predicted molar refractivity (Wildman–Crippen MR) is 74.8 cm³/mol. The van der Waals surface area contributed by atoms with Gasteiger partial charge in [0.15, 0.2) is 0 Å². The number of hydrogen-bond donors (Lipinski definition) is 2. The van der Waals surface area contributed by atoms with Crippen molar-refractivity contribution in [3.05, 3.63) is 0 Å². The second kappa shape index (κ2) is 7.43. The molecule has 4 nitrogen and oxygen atoms in total. The molecule has 2 rings (SSSR count). The Hall–Kier alpha value is -0.160. The van der Waals surface area contributed by atoms with E-state index in [1.54, 1.807) is 0 Å². The van der Waals surface area contributed by atoms with E-state index in [-0.39, 0.29) is 12.6 Å². The summed E-state index contributed by atoms with van der Waals surface area (Å²) in [6.07, 6.45) is 6.60. The standard InChI is InChI=1S/C14H29N3O/c1-15-13(12-18)5-9-16-10-6-14(11-16)17-7-3-2-4-8-17/h13-15,18H,2-12H2,1H3. The predicted octanol–water partition coefficient (Wildman–Crippen LogP) is 0.517. The summed E-state index contributed by atoms with van der Waals surface area (Å²) in [5, 5.41) is 12.3. The zero-order valence-electron chi connectivity index (χ0n) is 11.8. The fourth-order valence-corrected chi connectivity index (χ4v) is 3.26. The van der Waals surface area contributed by atoms with Gasteiger partial charge in [0.2, 0.25) is 0 Å². The zero-order valence-corrected chi connectivity index (χ0v) is 11.8. The molecule has 0 radical (unpaired) electrons. The Balaban J connectivity index is 1.67. The quantitative estimate of drug-likeness (QED) is 0.726. The van der Waals surface area contributed by atoms with E-state index in [9.17, 15) is 0 Å². The largest absolute Gasteiger partial charge is 0.395 e. The third-order valence-electron chi connectivity index (χ3n) is 4.58. The summed E-state index contributed by atoms with van der Waals surface area (Å²) in [7, 11) is 1.93. The van der Waals surface area contributed by atoms with Gasteiger partial charge in [-0.3, -0.25) is 4.90 Å². The third-order valence-corrected chi connectivity index (χ3v) is 4.58. The average Bonchev–Trinajstić information content (AvgIpc) is 2.90. The molecule has 4 heteroatoms. The fraction of sp³-hybridized carbons (Fsp3) is 1.00. The number of aliphatic hydroxyl groups excluding tert-OH is 1. The first-order valence-corrected chi connectivity index (χ1v) is 7.58. The highest BCUT2D eigenvalue weighted by Gasteiger charge is 2.28. The molecule has 0 aromatic carbocycles. The molecule has 2 fully saturated rings. The molecule has 0 aromatic rings. The molecule has 2 N–H and O–H groups in total. The van der Waals surface area contributed by atoms with Gasteiger partial charge in [-0.1, -0.05) is 6.42 Å². The Morgan fingerprint density at radius 3 is 2.67 bits per heavy atom. The van der Waals surface area contributed by atoms with Crippen LogP contribution in [0.4, 0.5) is 0 Å². The number of likely N-dealkylation sites (N-methyl/N-ethyl adjacent to an activating group) is 1. The van der Waals surface area contributed by atoms with Gasteiger partial charge >= 0.3 is 0 Å². The van der Waals surface area contributed by atoms with Gasteiger partial charge in [0, 0.05) is 18.6 Å². The van der Waals surface area contributed by atoms with Crippen molar-refractivity contribution in [2.45, 2.75) is 44.2 Å². The van der Waals surface area contributed by atoms with Crippen molar-refractivity contribution in [3.8, 4) is 0 Å². The van der Waals surface area contributed by atoms with Crippen LogP contribution in [0, 0.1) is 0 Å². The van der Waals surface area contributed by atoms with Crippen molar-refractivity contribution in [2.75, 3.05) is 46.4 Å². The number of likely N-dealkylation sites (tertiary alicyclic amines) is 2. The van der Waals surface area contributed by atoms with Crippen LogP contribution in [0.15, 0.2) is 0 Å². The van der Waals surface area contributed by atoms with Gasteiger partial charge in [-0.25, -0.2) is 0 Å². The molecule has 0 spiro atoms. The van der Waals surface area contributed by atoms with Crippen LogP contribution in [-0.4, -0.2) is 73.4 Å². The van der Waals surface area contributed by atoms with E-state index in [0.717, 1.165) is 19.0 Å². The van der Waals surface area contributed by atoms with E-state index in [0.29, 0.717) is 0 Å². The molecule has 2 unspecified atom stereocenters. The lowest BCUT2D eigenvalue weighted by Crippen LogP contribution is -2.41. The summed E-state index contributed by atoms with van der Waals surface area (Å²) in [5.74, 6) is 0. The highest BCUT2D eigenvalue weighted by molar-refractivity contribution is 4.85. The lowest BCUT2D eigenvalue weighted by atomic mass is 10.1. The molecular formula is C14H29N3O. The Bertz CT molecular complexity index is 227. The number of nitrogens with zero attached hydrogens (tertiary/aromatic N) is 2. The van der Waals surface area contributed by atoms with Gasteiger partial charge < -0.3 is 15.3 Å². The van der Waals surface area contributed by atoms with Gasteiger partial charge in [-0.2, -0.15) is 0 Å². The van der Waals surface area contributed by atoms with E-state index in [1.807, 2.05) is 7.05 Å². The number of hydrogen-bond acceptors (Lipinski definition) is 4. The van der Waals surface area contributed by atoms with Crippen LogP contribution in [0.1, 0.15) is 32.1 Å². The second-order valence-electron chi connectivity index (χ2n) is 5.80. The Kier molecular flexibility index (Phi) is 5.89. The van der Waals surface area contributed by atoms with Crippen LogP contribution < -0.4 is 5.32 Å². The van der Waals surface area contributed by atoms with Crippen molar-refractivity contribution in [1.82, 2.24) is 15.1 Å². The first kappa shape index (κ1) is 14.3. The average molecular weight is 255 g/mol. The smallest absolute Gasteiger partial charge is 0.0585 e. The van der Waals surface area contributed by atoms with Gasteiger partial charge in [-0.05, 0) is 58.9 Å². The van der Waals surface area contributed by atoms with Crippen molar-refractivity contribution in [2.24, 2.45) is 0 Å². The van der Waals surface area contributed by atoms with E-state index in [2.05, 4.69) is 15.1 Å². The molecule has 2 heterocycles. The van der Waals surface area contributed by atoms with Gasteiger partial charge in [0.1, 0.15) is 0 Å². The van der Waals surface area contributed by atoms with E-state index in [1.165, 1.54) is 51.9 Å². The van der Waals surface area contributed by atoms with Crippen molar-refractivity contribution in [3.63, 3.8) is 0 Å². The molecule has 2 atom stereocenters. The van der Waals surface area contributed by atoms with E-state index < -0.39 is 0 Å². The summed E-state index contributed by atoms with van der Waals surface area (Å²) in [6.45, 7) is 6.48. The van der Waals surface area contributed by atoms with Crippen LogP contribution in [0.5, 0.6) is 0 Å².